The second-order valence-electron chi connectivity index (χ2n) is 4.20. The molecular formula is C11H20. The predicted molar refractivity (Wildman–Crippen MR) is 50.5 cm³/mol. The standard InChI is InChI=1S/C11H20/c1-5-9(4)6-10-7-11(10)8(2)3/h9-11H,2,5-7H2,1,3-4H3. The van der Waals surface area contributed by atoms with E-state index in [2.05, 4.69) is 27.4 Å². The van der Waals surface area contributed by atoms with Crippen LogP contribution >= 0.6 is 0 Å². The molecule has 1 saturated carbocycles. The van der Waals surface area contributed by atoms with Crippen molar-refractivity contribution in [3.8, 4) is 0 Å². The van der Waals surface area contributed by atoms with Crippen molar-refractivity contribution in [1.29, 1.82) is 0 Å². The lowest BCUT2D eigenvalue weighted by Crippen LogP contribution is -1.94. The van der Waals surface area contributed by atoms with E-state index in [0.717, 1.165) is 17.8 Å². The summed E-state index contributed by atoms with van der Waals surface area (Å²) in [5.74, 6) is 2.79. The molecule has 1 fully saturated rings. The number of hydrogen-bond acceptors (Lipinski definition) is 0. The highest BCUT2D eigenvalue weighted by Crippen LogP contribution is 2.47. The maximum absolute atomic E-state index is 4.00. The quantitative estimate of drug-likeness (QED) is 0.539. The van der Waals surface area contributed by atoms with E-state index in [-0.39, 0.29) is 0 Å². The molecule has 0 saturated heterocycles. The van der Waals surface area contributed by atoms with Crippen LogP contribution in [0.1, 0.15) is 40.0 Å². The monoisotopic (exact) mass is 152 g/mol. The minimum atomic E-state index is 0.879. The molecule has 1 aliphatic rings. The average molecular weight is 152 g/mol. The summed E-state index contributed by atoms with van der Waals surface area (Å²) in [4.78, 5) is 0. The lowest BCUT2D eigenvalue weighted by atomic mass is 10.00. The minimum absolute atomic E-state index is 0.879. The fourth-order valence-electron chi connectivity index (χ4n) is 1.80. The topological polar surface area (TPSA) is 0 Å². The zero-order chi connectivity index (χ0) is 8.43. The Balaban J connectivity index is 2.18. The van der Waals surface area contributed by atoms with Gasteiger partial charge in [-0.3, -0.25) is 0 Å². The summed E-state index contributed by atoms with van der Waals surface area (Å²) in [5, 5.41) is 0. The van der Waals surface area contributed by atoms with Crippen molar-refractivity contribution >= 4 is 0 Å². The zero-order valence-corrected chi connectivity index (χ0v) is 8.06. The van der Waals surface area contributed by atoms with Crippen LogP contribution in [0.4, 0.5) is 0 Å². The molecule has 0 aliphatic heterocycles. The van der Waals surface area contributed by atoms with E-state index in [1.165, 1.54) is 24.8 Å². The molecule has 64 valence electrons. The molecule has 0 aromatic heterocycles. The van der Waals surface area contributed by atoms with Crippen LogP contribution in [-0.2, 0) is 0 Å². The van der Waals surface area contributed by atoms with Gasteiger partial charge in [0, 0.05) is 0 Å². The van der Waals surface area contributed by atoms with Gasteiger partial charge in [-0.1, -0.05) is 32.4 Å². The summed E-state index contributed by atoms with van der Waals surface area (Å²) in [5.41, 5.74) is 1.40. The van der Waals surface area contributed by atoms with E-state index in [1.54, 1.807) is 0 Å². The normalized spacial score (nSPS) is 31.5. The maximum Gasteiger partial charge on any atom is -0.0177 e. The van der Waals surface area contributed by atoms with Crippen molar-refractivity contribution < 1.29 is 0 Å². The van der Waals surface area contributed by atoms with E-state index in [4.69, 9.17) is 0 Å². The summed E-state index contributed by atoms with van der Waals surface area (Å²) in [6.07, 6.45) is 4.17. The SMILES string of the molecule is C=C(C)C1CC1CC(C)CC. The van der Waals surface area contributed by atoms with Gasteiger partial charge in [0.1, 0.15) is 0 Å². The molecule has 0 radical (unpaired) electrons. The summed E-state index contributed by atoms with van der Waals surface area (Å²) in [6.45, 7) is 10.8. The maximum atomic E-state index is 4.00. The Kier molecular flexibility index (Phi) is 2.75. The molecule has 1 aliphatic carbocycles. The van der Waals surface area contributed by atoms with Gasteiger partial charge < -0.3 is 0 Å². The van der Waals surface area contributed by atoms with Gasteiger partial charge in [-0.25, -0.2) is 0 Å². The lowest BCUT2D eigenvalue weighted by molar-refractivity contribution is 0.471. The molecule has 1 rings (SSSR count). The van der Waals surface area contributed by atoms with Crippen LogP contribution in [0, 0.1) is 17.8 Å². The lowest BCUT2D eigenvalue weighted by Gasteiger charge is -2.06. The number of allylic oxidation sites excluding steroid dienone is 1. The van der Waals surface area contributed by atoms with Gasteiger partial charge in [0.05, 0.1) is 0 Å². The molecule has 0 spiro atoms. The average Bonchev–Trinajstić information content (AvgIpc) is 2.67. The molecule has 3 atom stereocenters. The van der Waals surface area contributed by atoms with Crippen LogP contribution in [-0.4, -0.2) is 0 Å². The van der Waals surface area contributed by atoms with Crippen LogP contribution in [0.25, 0.3) is 0 Å². The van der Waals surface area contributed by atoms with Gasteiger partial charge in [0.25, 0.3) is 0 Å². The first-order valence-corrected chi connectivity index (χ1v) is 4.80. The third-order valence-corrected chi connectivity index (χ3v) is 2.96. The summed E-state index contributed by atoms with van der Waals surface area (Å²) < 4.78 is 0. The third-order valence-electron chi connectivity index (χ3n) is 2.96. The van der Waals surface area contributed by atoms with Crippen LogP contribution in [0.15, 0.2) is 12.2 Å². The van der Waals surface area contributed by atoms with E-state index in [9.17, 15) is 0 Å². The Morgan fingerprint density at radius 2 is 2.27 bits per heavy atom. The number of hydrogen-bond donors (Lipinski definition) is 0. The van der Waals surface area contributed by atoms with Crippen molar-refractivity contribution in [1.82, 2.24) is 0 Å². The molecule has 0 N–H and O–H groups in total. The Labute approximate surface area is 70.7 Å². The molecule has 0 aromatic carbocycles. The summed E-state index contributed by atoms with van der Waals surface area (Å²) >= 11 is 0. The first-order chi connectivity index (χ1) is 5.15. The van der Waals surface area contributed by atoms with Crippen LogP contribution in [0.5, 0.6) is 0 Å². The van der Waals surface area contributed by atoms with Crippen LogP contribution in [0.2, 0.25) is 0 Å². The largest absolute Gasteiger partial charge is 0.0999 e. The van der Waals surface area contributed by atoms with Crippen LogP contribution < -0.4 is 0 Å². The van der Waals surface area contributed by atoms with Gasteiger partial charge in [-0.2, -0.15) is 0 Å². The van der Waals surface area contributed by atoms with Crippen molar-refractivity contribution in [2.75, 3.05) is 0 Å². The Morgan fingerprint density at radius 1 is 1.64 bits per heavy atom. The van der Waals surface area contributed by atoms with Gasteiger partial charge >= 0.3 is 0 Å². The fraction of sp³-hybridized carbons (Fsp3) is 0.818. The van der Waals surface area contributed by atoms with Gasteiger partial charge in [-0.15, -0.1) is 0 Å². The molecule has 0 bridgehead atoms. The Morgan fingerprint density at radius 3 is 2.64 bits per heavy atom. The van der Waals surface area contributed by atoms with E-state index in [1.807, 2.05) is 0 Å². The van der Waals surface area contributed by atoms with E-state index < -0.39 is 0 Å². The molecular weight excluding hydrogens is 132 g/mol. The first-order valence-electron chi connectivity index (χ1n) is 4.80. The predicted octanol–water partition coefficient (Wildman–Crippen LogP) is 3.63. The summed E-state index contributed by atoms with van der Waals surface area (Å²) in [7, 11) is 0. The highest BCUT2D eigenvalue weighted by molar-refractivity contribution is 5.08. The first kappa shape index (κ1) is 8.83. The summed E-state index contributed by atoms with van der Waals surface area (Å²) in [6, 6.07) is 0. The number of rotatable bonds is 4. The molecule has 0 aromatic rings. The molecule has 0 amide bonds. The molecule has 3 unspecified atom stereocenters. The van der Waals surface area contributed by atoms with Crippen molar-refractivity contribution in [3.63, 3.8) is 0 Å². The Bertz CT molecular complexity index is 146. The molecule has 11 heavy (non-hydrogen) atoms. The molecule has 0 heteroatoms. The fourth-order valence-corrected chi connectivity index (χ4v) is 1.80. The molecule has 0 heterocycles. The Hall–Kier alpha value is -0.260. The van der Waals surface area contributed by atoms with Crippen molar-refractivity contribution in [2.24, 2.45) is 17.8 Å². The van der Waals surface area contributed by atoms with Gasteiger partial charge in [0.15, 0.2) is 0 Å². The molecule has 0 nitrogen and oxygen atoms in total. The highest BCUT2D eigenvalue weighted by atomic mass is 14.4. The van der Waals surface area contributed by atoms with Gasteiger partial charge in [-0.05, 0) is 37.5 Å². The smallest absolute Gasteiger partial charge is 0.0177 e. The highest BCUT2D eigenvalue weighted by Gasteiger charge is 2.37. The second kappa shape index (κ2) is 3.42. The van der Waals surface area contributed by atoms with E-state index >= 15 is 0 Å². The van der Waals surface area contributed by atoms with Crippen molar-refractivity contribution in [2.45, 2.75) is 40.0 Å². The van der Waals surface area contributed by atoms with Gasteiger partial charge in [0.2, 0.25) is 0 Å². The third kappa shape index (κ3) is 2.36. The minimum Gasteiger partial charge on any atom is -0.0999 e. The van der Waals surface area contributed by atoms with Crippen molar-refractivity contribution in [3.05, 3.63) is 12.2 Å². The van der Waals surface area contributed by atoms with E-state index in [0.29, 0.717) is 0 Å². The second-order valence-corrected chi connectivity index (χ2v) is 4.20. The van der Waals surface area contributed by atoms with Crippen LogP contribution in [0.3, 0.4) is 0 Å². The zero-order valence-electron chi connectivity index (χ0n) is 8.06.